The molecule has 0 aliphatic heterocycles. The number of ether oxygens (including phenoxy) is 2. The minimum Gasteiger partial charge on any atom is -0.490 e. The fourth-order valence-electron chi connectivity index (χ4n) is 1.97. The Morgan fingerprint density at radius 2 is 1.26 bits per heavy atom. The largest absolute Gasteiger partial charge is 0.490 e. The molecule has 4 nitrogen and oxygen atoms in total. The van der Waals surface area contributed by atoms with Gasteiger partial charge in [-0.3, -0.25) is 0 Å². The Labute approximate surface area is 143 Å². The number of aryl methyl sites for hydroxylation is 1. The van der Waals surface area contributed by atoms with E-state index < -0.39 is 0 Å². The third-order valence-electron chi connectivity index (χ3n) is 3.11. The smallest absolute Gasteiger partial charge is 0.161 e. The summed E-state index contributed by atoms with van der Waals surface area (Å²) in [5.41, 5.74) is 1.19. The van der Waals surface area contributed by atoms with Gasteiger partial charge in [0.2, 0.25) is 0 Å². The third kappa shape index (κ3) is 11.0. The first-order chi connectivity index (χ1) is 11.0. The maximum atomic E-state index is 5.88. The van der Waals surface area contributed by atoms with Gasteiger partial charge in [0.05, 0.1) is 13.2 Å². The van der Waals surface area contributed by atoms with Gasteiger partial charge in [0.25, 0.3) is 0 Å². The summed E-state index contributed by atoms with van der Waals surface area (Å²) in [5, 5.41) is 0. The van der Waals surface area contributed by atoms with E-state index in [9.17, 15) is 0 Å². The van der Waals surface area contributed by atoms with Crippen LogP contribution in [0.15, 0.2) is 18.2 Å². The van der Waals surface area contributed by atoms with Gasteiger partial charge in [-0.15, -0.1) is 0 Å². The topological polar surface area (TPSA) is 24.9 Å². The lowest BCUT2D eigenvalue weighted by molar-refractivity contribution is 0.244. The van der Waals surface area contributed by atoms with Gasteiger partial charge in [0.1, 0.15) is 0 Å². The van der Waals surface area contributed by atoms with Crippen molar-refractivity contribution in [2.75, 3.05) is 54.5 Å². The highest BCUT2D eigenvalue weighted by Crippen LogP contribution is 2.28. The molecule has 4 heteroatoms. The van der Waals surface area contributed by atoms with E-state index in [0.717, 1.165) is 50.6 Å². The minimum atomic E-state index is 0.718. The molecular formula is C19H36N2O2. The molecule has 0 fully saturated rings. The monoisotopic (exact) mass is 324 g/mol. The van der Waals surface area contributed by atoms with Gasteiger partial charge in [-0.05, 0) is 65.7 Å². The maximum absolute atomic E-state index is 5.88. The summed E-state index contributed by atoms with van der Waals surface area (Å²) < 4.78 is 11.7. The van der Waals surface area contributed by atoms with Gasteiger partial charge < -0.3 is 19.3 Å². The van der Waals surface area contributed by atoms with Crippen molar-refractivity contribution in [1.29, 1.82) is 0 Å². The zero-order valence-electron chi connectivity index (χ0n) is 16.2. The maximum Gasteiger partial charge on any atom is 0.161 e. The van der Waals surface area contributed by atoms with Crippen LogP contribution in [0, 0.1) is 6.92 Å². The molecular weight excluding hydrogens is 288 g/mol. The lowest BCUT2D eigenvalue weighted by atomic mass is 10.2. The SMILES string of the molecule is CC.Cc1ccc(OCCCN(C)C)c(OCCCN(C)C)c1. The van der Waals surface area contributed by atoms with E-state index in [1.807, 2.05) is 19.9 Å². The van der Waals surface area contributed by atoms with E-state index in [0.29, 0.717) is 0 Å². The summed E-state index contributed by atoms with van der Waals surface area (Å²) >= 11 is 0. The van der Waals surface area contributed by atoms with E-state index in [2.05, 4.69) is 57.0 Å². The lowest BCUT2D eigenvalue weighted by Crippen LogP contribution is -2.16. The summed E-state index contributed by atoms with van der Waals surface area (Å²) in [6, 6.07) is 6.12. The van der Waals surface area contributed by atoms with Gasteiger partial charge in [-0.1, -0.05) is 19.9 Å². The highest BCUT2D eigenvalue weighted by Gasteiger charge is 2.06. The van der Waals surface area contributed by atoms with Crippen LogP contribution in [0.1, 0.15) is 32.3 Å². The molecule has 1 aromatic rings. The Kier molecular flexibility index (Phi) is 12.5. The summed E-state index contributed by atoms with van der Waals surface area (Å²) in [6.45, 7) is 9.57. The minimum absolute atomic E-state index is 0.718. The molecule has 0 N–H and O–H groups in total. The van der Waals surface area contributed by atoms with Crippen molar-refractivity contribution in [3.63, 3.8) is 0 Å². The predicted molar refractivity (Wildman–Crippen MR) is 99.9 cm³/mol. The first-order valence-electron chi connectivity index (χ1n) is 8.64. The highest BCUT2D eigenvalue weighted by atomic mass is 16.5. The Bertz CT molecular complexity index is 406. The molecule has 0 radical (unpaired) electrons. The quantitative estimate of drug-likeness (QED) is 0.613. The zero-order valence-corrected chi connectivity index (χ0v) is 16.2. The molecule has 0 saturated heterocycles. The number of hydrogen-bond acceptors (Lipinski definition) is 4. The third-order valence-corrected chi connectivity index (χ3v) is 3.11. The molecule has 23 heavy (non-hydrogen) atoms. The average molecular weight is 325 g/mol. The van der Waals surface area contributed by atoms with Crippen LogP contribution < -0.4 is 9.47 Å². The van der Waals surface area contributed by atoms with Crippen molar-refractivity contribution < 1.29 is 9.47 Å². The van der Waals surface area contributed by atoms with E-state index in [1.54, 1.807) is 0 Å². The molecule has 0 saturated carbocycles. The van der Waals surface area contributed by atoms with Gasteiger partial charge in [-0.2, -0.15) is 0 Å². The summed E-state index contributed by atoms with van der Waals surface area (Å²) in [5.74, 6) is 1.71. The fourth-order valence-corrected chi connectivity index (χ4v) is 1.97. The average Bonchev–Trinajstić information content (AvgIpc) is 2.51. The number of nitrogens with zero attached hydrogens (tertiary/aromatic N) is 2. The summed E-state index contributed by atoms with van der Waals surface area (Å²) in [6.07, 6.45) is 2.03. The Hall–Kier alpha value is -1.26. The molecule has 0 aliphatic rings. The number of benzene rings is 1. The van der Waals surface area contributed by atoms with Gasteiger partial charge in [0.15, 0.2) is 11.5 Å². The standard InChI is InChI=1S/C17H30N2O2.C2H6/c1-15-8-9-16(20-12-6-10-18(2)3)17(14-15)21-13-7-11-19(4)5;1-2/h8-9,14H,6-7,10-13H2,1-5H3;1-2H3. The molecule has 0 heterocycles. The molecule has 1 rings (SSSR count). The van der Waals surface area contributed by atoms with Crippen molar-refractivity contribution in [3.8, 4) is 11.5 Å². The van der Waals surface area contributed by atoms with Crippen molar-refractivity contribution >= 4 is 0 Å². The van der Waals surface area contributed by atoms with Gasteiger partial charge >= 0.3 is 0 Å². The van der Waals surface area contributed by atoms with E-state index in [1.165, 1.54) is 5.56 Å². The second-order valence-corrected chi connectivity index (χ2v) is 5.96. The zero-order chi connectivity index (χ0) is 17.7. The molecule has 1 aromatic carbocycles. The van der Waals surface area contributed by atoms with Crippen molar-refractivity contribution in [2.24, 2.45) is 0 Å². The molecule has 0 unspecified atom stereocenters. The van der Waals surface area contributed by atoms with Crippen LogP contribution in [0.5, 0.6) is 11.5 Å². The molecule has 0 aromatic heterocycles. The van der Waals surface area contributed by atoms with Crippen molar-refractivity contribution in [2.45, 2.75) is 33.6 Å². The Morgan fingerprint density at radius 3 is 1.74 bits per heavy atom. The number of rotatable bonds is 10. The number of hydrogen-bond donors (Lipinski definition) is 0. The second kappa shape index (κ2) is 13.2. The van der Waals surface area contributed by atoms with Crippen LogP contribution in [0.4, 0.5) is 0 Å². The highest BCUT2D eigenvalue weighted by molar-refractivity contribution is 5.42. The van der Waals surface area contributed by atoms with Gasteiger partial charge in [-0.25, -0.2) is 0 Å². The summed E-state index contributed by atoms with van der Waals surface area (Å²) in [4.78, 5) is 4.33. The molecule has 0 aliphatic carbocycles. The van der Waals surface area contributed by atoms with Crippen molar-refractivity contribution in [3.05, 3.63) is 23.8 Å². The molecule has 0 atom stereocenters. The van der Waals surface area contributed by atoms with Crippen LogP contribution in [-0.4, -0.2) is 64.3 Å². The predicted octanol–water partition coefficient (Wildman–Crippen LogP) is 3.68. The normalized spacial score (nSPS) is 10.5. The fraction of sp³-hybridized carbons (Fsp3) is 0.684. The molecule has 0 bridgehead atoms. The summed E-state index contributed by atoms with van der Waals surface area (Å²) in [7, 11) is 8.30. The van der Waals surface area contributed by atoms with Crippen LogP contribution >= 0.6 is 0 Å². The lowest BCUT2D eigenvalue weighted by Gasteiger charge is -2.15. The van der Waals surface area contributed by atoms with Gasteiger partial charge in [0, 0.05) is 13.1 Å². The Balaban J connectivity index is 0.00000232. The Morgan fingerprint density at radius 1 is 0.783 bits per heavy atom. The first kappa shape index (κ1) is 21.7. The molecule has 0 amide bonds. The molecule has 134 valence electrons. The van der Waals surface area contributed by atoms with Crippen LogP contribution in [0.25, 0.3) is 0 Å². The van der Waals surface area contributed by atoms with E-state index >= 15 is 0 Å². The van der Waals surface area contributed by atoms with Crippen LogP contribution in [0.2, 0.25) is 0 Å². The first-order valence-corrected chi connectivity index (χ1v) is 8.64. The van der Waals surface area contributed by atoms with Crippen LogP contribution in [0.3, 0.4) is 0 Å². The second-order valence-electron chi connectivity index (χ2n) is 5.96. The van der Waals surface area contributed by atoms with E-state index in [-0.39, 0.29) is 0 Å². The molecule has 0 spiro atoms. The van der Waals surface area contributed by atoms with Crippen LogP contribution in [-0.2, 0) is 0 Å². The van der Waals surface area contributed by atoms with Crippen molar-refractivity contribution in [1.82, 2.24) is 9.80 Å². The van der Waals surface area contributed by atoms with E-state index in [4.69, 9.17) is 9.47 Å².